The van der Waals surface area contributed by atoms with E-state index in [-0.39, 0.29) is 0 Å². The first-order valence-corrected chi connectivity index (χ1v) is 5.42. The smallest absolute Gasteiger partial charge is 0.161 e. The molecular formula is C11H10BrN3O. The van der Waals surface area contributed by atoms with Crippen molar-refractivity contribution in [2.75, 3.05) is 12.8 Å². The van der Waals surface area contributed by atoms with Gasteiger partial charge in [0.15, 0.2) is 5.82 Å². The van der Waals surface area contributed by atoms with Crippen LogP contribution in [0.4, 0.5) is 5.82 Å². The van der Waals surface area contributed by atoms with E-state index in [4.69, 9.17) is 10.5 Å². The van der Waals surface area contributed by atoms with Gasteiger partial charge in [-0.15, -0.1) is 0 Å². The van der Waals surface area contributed by atoms with Crippen LogP contribution in [-0.4, -0.2) is 17.1 Å². The fourth-order valence-electron chi connectivity index (χ4n) is 1.32. The molecule has 0 saturated carbocycles. The Morgan fingerprint density at radius 3 is 2.75 bits per heavy atom. The molecule has 1 heterocycles. The predicted molar refractivity (Wildman–Crippen MR) is 66.1 cm³/mol. The predicted octanol–water partition coefficient (Wildman–Crippen LogP) is 2.50. The molecule has 0 aliphatic rings. The summed E-state index contributed by atoms with van der Waals surface area (Å²) in [4.78, 5) is 8.30. The summed E-state index contributed by atoms with van der Waals surface area (Å²) in [5.41, 5.74) is 6.49. The third kappa shape index (κ3) is 2.14. The Labute approximate surface area is 102 Å². The monoisotopic (exact) mass is 279 g/mol. The molecule has 1 aromatic carbocycles. The number of methoxy groups -OCH3 is 1. The number of hydrogen-bond acceptors (Lipinski definition) is 4. The van der Waals surface area contributed by atoms with Gasteiger partial charge in [0.05, 0.1) is 11.6 Å². The van der Waals surface area contributed by atoms with Gasteiger partial charge in [-0.25, -0.2) is 9.97 Å². The third-order valence-corrected chi connectivity index (χ3v) is 2.71. The third-order valence-electron chi connectivity index (χ3n) is 2.09. The molecule has 5 heteroatoms. The van der Waals surface area contributed by atoms with Crippen LogP contribution in [0.25, 0.3) is 11.4 Å². The van der Waals surface area contributed by atoms with Crippen molar-refractivity contribution < 1.29 is 4.74 Å². The van der Waals surface area contributed by atoms with E-state index in [0.717, 1.165) is 15.8 Å². The van der Waals surface area contributed by atoms with Gasteiger partial charge in [-0.2, -0.15) is 0 Å². The second-order valence-corrected chi connectivity index (χ2v) is 4.01. The van der Waals surface area contributed by atoms with Gasteiger partial charge in [0, 0.05) is 11.8 Å². The van der Waals surface area contributed by atoms with E-state index in [9.17, 15) is 0 Å². The van der Waals surface area contributed by atoms with Crippen molar-refractivity contribution in [2.45, 2.75) is 0 Å². The molecule has 0 spiro atoms. The number of benzene rings is 1. The van der Waals surface area contributed by atoms with E-state index < -0.39 is 0 Å². The first kappa shape index (κ1) is 10.9. The second kappa shape index (κ2) is 4.49. The van der Waals surface area contributed by atoms with Gasteiger partial charge in [0.25, 0.3) is 0 Å². The van der Waals surface area contributed by atoms with Crippen molar-refractivity contribution >= 4 is 21.7 Å². The maximum atomic E-state index is 5.60. The summed E-state index contributed by atoms with van der Waals surface area (Å²) in [6.07, 6.45) is 1.63. The molecule has 0 aliphatic heterocycles. The van der Waals surface area contributed by atoms with Gasteiger partial charge in [0.2, 0.25) is 0 Å². The fraction of sp³-hybridized carbons (Fsp3) is 0.0909. The number of hydrogen-bond donors (Lipinski definition) is 1. The summed E-state index contributed by atoms with van der Waals surface area (Å²) >= 11 is 3.41. The topological polar surface area (TPSA) is 61.0 Å². The number of aromatic nitrogens is 2. The lowest BCUT2D eigenvalue weighted by Crippen LogP contribution is -1.94. The normalized spacial score (nSPS) is 10.1. The molecule has 82 valence electrons. The van der Waals surface area contributed by atoms with Crippen molar-refractivity contribution in [2.24, 2.45) is 0 Å². The Hall–Kier alpha value is -1.62. The molecular weight excluding hydrogens is 270 g/mol. The van der Waals surface area contributed by atoms with E-state index in [0.29, 0.717) is 11.6 Å². The van der Waals surface area contributed by atoms with E-state index in [1.807, 2.05) is 18.2 Å². The Balaban J connectivity index is 2.45. The van der Waals surface area contributed by atoms with Gasteiger partial charge < -0.3 is 10.5 Å². The molecule has 4 nitrogen and oxygen atoms in total. The van der Waals surface area contributed by atoms with E-state index in [1.165, 1.54) is 0 Å². The molecule has 0 unspecified atom stereocenters. The molecule has 0 amide bonds. The second-order valence-electron chi connectivity index (χ2n) is 3.15. The quantitative estimate of drug-likeness (QED) is 0.918. The van der Waals surface area contributed by atoms with Crippen LogP contribution in [0.1, 0.15) is 0 Å². The zero-order valence-electron chi connectivity index (χ0n) is 8.64. The number of anilines is 1. The fourth-order valence-corrected chi connectivity index (χ4v) is 1.86. The molecule has 2 aromatic rings. The molecule has 0 atom stereocenters. The van der Waals surface area contributed by atoms with Crippen molar-refractivity contribution in [1.29, 1.82) is 0 Å². The number of nitrogens with zero attached hydrogens (tertiary/aromatic N) is 2. The highest BCUT2D eigenvalue weighted by Gasteiger charge is 2.05. The molecule has 1 aromatic heterocycles. The highest BCUT2D eigenvalue weighted by atomic mass is 79.9. The molecule has 0 fully saturated rings. The van der Waals surface area contributed by atoms with Crippen molar-refractivity contribution in [3.05, 3.63) is 34.9 Å². The number of nitrogen functional groups attached to an aromatic ring is 1. The Morgan fingerprint density at radius 2 is 2.12 bits per heavy atom. The summed E-state index contributed by atoms with van der Waals surface area (Å²) in [6, 6.07) is 7.29. The molecule has 2 rings (SSSR count). The minimum Gasteiger partial charge on any atom is -0.496 e. The van der Waals surface area contributed by atoms with Gasteiger partial charge in [-0.05, 0) is 40.2 Å². The van der Waals surface area contributed by atoms with Crippen LogP contribution in [0.5, 0.6) is 5.75 Å². The number of ether oxygens (including phenoxy) is 1. The van der Waals surface area contributed by atoms with E-state index in [1.54, 1.807) is 19.4 Å². The van der Waals surface area contributed by atoms with Crippen molar-refractivity contribution in [1.82, 2.24) is 9.97 Å². The average Bonchev–Trinajstić information content (AvgIpc) is 2.29. The first-order valence-electron chi connectivity index (χ1n) is 4.63. The lowest BCUT2D eigenvalue weighted by molar-refractivity contribution is 0.412. The number of halogens is 1. The summed E-state index contributed by atoms with van der Waals surface area (Å²) in [7, 11) is 1.62. The van der Waals surface area contributed by atoms with Crippen LogP contribution in [0.2, 0.25) is 0 Å². The lowest BCUT2D eigenvalue weighted by Gasteiger charge is -2.05. The van der Waals surface area contributed by atoms with Crippen molar-refractivity contribution in [3.8, 4) is 17.1 Å². The summed E-state index contributed by atoms with van der Waals surface area (Å²) in [6.45, 7) is 0. The summed E-state index contributed by atoms with van der Waals surface area (Å²) < 4.78 is 6.01. The zero-order valence-corrected chi connectivity index (χ0v) is 10.2. The maximum absolute atomic E-state index is 5.60. The Kier molecular flexibility index (Phi) is 3.05. The zero-order chi connectivity index (χ0) is 11.5. The minimum absolute atomic E-state index is 0.456. The van der Waals surface area contributed by atoms with Crippen LogP contribution < -0.4 is 10.5 Å². The van der Waals surface area contributed by atoms with Gasteiger partial charge in [-0.1, -0.05) is 0 Å². The van der Waals surface area contributed by atoms with Crippen molar-refractivity contribution in [3.63, 3.8) is 0 Å². The SMILES string of the molecule is COc1ccc(-c2nccc(N)n2)cc1Br. The van der Waals surface area contributed by atoms with E-state index in [2.05, 4.69) is 25.9 Å². The van der Waals surface area contributed by atoms with E-state index >= 15 is 0 Å². The highest BCUT2D eigenvalue weighted by molar-refractivity contribution is 9.10. The molecule has 0 saturated heterocycles. The van der Waals surface area contributed by atoms with Gasteiger partial charge >= 0.3 is 0 Å². The van der Waals surface area contributed by atoms with Crippen LogP contribution in [-0.2, 0) is 0 Å². The minimum atomic E-state index is 0.456. The van der Waals surface area contributed by atoms with Crippen LogP contribution in [0.3, 0.4) is 0 Å². The van der Waals surface area contributed by atoms with Crippen LogP contribution in [0.15, 0.2) is 34.9 Å². The van der Waals surface area contributed by atoms with Crippen LogP contribution in [0, 0.1) is 0 Å². The van der Waals surface area contributed by atoms with Gasteiger partial charge in [0.1, 0.15) is 11.6 Å². The highest BCUT2D eigenvalue weighted by Crippen LogP contribution is 2.29. The molecule has 0 radical (unpaired) electrons. The Bertz CT molecular complexity index is 516. The number of nitrogens with two attached hydrogens (primary N) is 1. The summed E-state index contributed by atoms with van der Waals surface area (Å²) in [5, 5.41) is 0. The number of rotatable bonds is 2. The molecule has 0 bridgehead atoms. The molecule has 0 aliphatic carbocycles. The lowest BCUT2D eigenvalue weighted by atomic mass is 10.2. The van der Waals surface area contributed by atoms with Gasteiger partial charge in [-0.3, -0.25) is 0 Å². The standard InChI is InChI=1S/C11H10BrN3O/c1-16-9-3-2-7(6-8(9)12)11-14-5-4-10(13)15-11/h2-6H,1H3,(H2,13,14,15). The average molecular weight is 280 g/mol. The van der Waals surface area contributed by atoms with Crippen LogP contribution >= 0.6 is 15.9 Å². The Morgan fingerprint density at radius 1 is 1.31 bits per heavy atom. The first-order chi connectivity index (χ1) is 7.70. The molecule has 16 heavy (non-hydrogen) atoms. The maximum Gasteiger partial charge on any atom is 0.161 e. The largest absolute Gasteiger partial charge is 0.496 e. The molecule has 2 N–H and O–H groups in total. The summed E-state index contributed by atoms with van der Waals surface area (Å²) in [5.74, 6) is 1.83.